The van der Waals surface area contributed by atoms with Crippen molar-refractivity contribution >= 4 is 5.97 Å². The lowest BCUT2D eigenvalue weighted by Gasteiger charge is -2.33. The Morgan fingerprint density at radius 2 is 2.00 bits per heavy atom. The fourth-order valence-electron chi connectivity index (χ4n) is 3.05. The molecule has 1 saturated carbocycles. The zero-order chi connectivity index (χ0) is 13.8. The third-order valence-electron chi connectivity index (χ3n) is 3.71. The second-order valence-electron chi connectivity index (χ2n) is 6.28. The molecule has 106 valence electrons. The summed E-state index contributed by atoms with van der Waals surface area (Å²) in [6.45, 7) is 7.32. The fourth-order valence-corrected chi connectivity index (χ4v) is 3.05. The largest absolute Gasteiger partial charge is 0.480 e. The van der Waals surface area contributed by atoms with Crippen LogP contribution in [-0.2, 0) is 4.79 Å². The Hall–Kier alpha value is -0.610. The first-order valence-electron chi connectivity index (χ1n) is 7.03. The van der Waals surface area contributed by atoms with Crippen molar-refractivity contribution in [1.29, 1.82) is 0 Å². The number of nitrogens with one attached hydrogen (secondary N) is 1. The number of carboxylic acids is 1. The number of hydrogen-bond donors (Lipinski definition) is 2. The smallest absolute Gasteiger partial charge is 0.324 e. The highest BCUT2D eigenvalue weighted by atomic mass is 16.4. The molecular formula is C14H28N2O2. The van der Waals surface area contributed by atoms with Crippen LogP contribution in [0.2, 0.25) is 0 Å². The van der Waals surface area contributed by atoms with E-state index in [1.165, 1.54) is 25.7 Å². The summed E-state index contributed by atoms with van der Waals surface area (Å²) in [5.41, 5.74) is -0.860. The van der Waals surface area contributed by atoms with E-state index in [1.807, 2.05) is 20.9 Å². The van der Waals surface area contributed by atoms with Crippen molar-refractivity contribution in [2.75, 3.05) is 20.1 Å². The highest BCUT2D eigenvalue weighted by Gasteiger charge is 2.35. The minimum Gasteiger partial charge on any atom is -0.480 e. The van der Waals surface area contributed by atoms with Crippen LogP contribution in [0.4, 0.5) is 0 Å². The maximum Gasteiger partial charge on any atom is 0.324 e. The summed E-state index contributed by atoms with van der Waals surface area (Å²) in [7, 11) is 2.03. The number of carbonyl (C=O) groups is 1. The molecule has 0 spiro atoms. The molecule has 2 N–H and O–H groups in total. The molecule has 4 heteroatoms. The van der Waals surface area contributed by atoms with Crippen molar-refractivity contribution in [1.82, 2.24) is 10.2 Å². The molecule has 1 atom stereocenters. The molecule has 18 heavy (non-hydrogen) atoms. The van der Waals surface area contributed by atoms with Crippen LogP contribution in [0.15, 0.2) is 0 Å². The van der Waals surface area contributed by atoms with Crippen LogP contribution in [-0.4, -0.2) is 47.7 Å². The minimum absolute atomic E-state index is 0.172. The Labute approximate surface area is 111 Å². The summed E-state index contributed by atoms with van der Waals surface area (Å²) in [5.74, 6) is -0.0124. The van der Waals surface area contributed by atoms with Gasteiger partial charge >= 0.3 is 5.97 Å². The topological polar surface area (TPSA) is 52.6 Å². The van der Waals surface area contributed by atoms with E-state index < -0.39 is 11.5 Å². The molecule has 1 aliphatic rings. The molecule has 0 aromatic rings. The van der Waals surface area contributed by atoms with Crippen LogP contribution in [0, 0.1) is 5.92 Å². The predicted molar refractivity (Wildman–Crippen MR) is 73.8 cm³/mol. The Kier molecular flexibility index (Phi) is 5.60. The Morgan fingerprint density at radius 3 is 2.44 bits per heavy atom. The summed E-state index contributed by atoms with van der Waals surface area (Å²) in [4.78, 5) is 13.6. The molecule has 0 heterocycles. The van der Waals surface area contributed by atoms with Gasteiger partial charge in [-0.25, -0.2) is 0 Å². The first-order chi connectivity index (χ1) is 8.33. The molecule has 4 nitrogen and oxygen atoms in total. The van der Waals surface area contributed by atoms with Crippen molar-refractivity contribution in [3.05, 3.63) is 0 Å². The molecule has 0 aromatic heterocycles. The molecule has 0 saturated heterocycles. The van der Waals surface area contributed by atoms with E-state index >= 15 is 0 Å². The molecule has 0 bridgehead atoms. The molecule has 1 unspecified atom stereocenters. The second kappa shape index (κ2) is 6.53. The highest BCUT2D eigenvalue weighted by molar-refractivity contribution is 5.78. The molecule has 0 amide bonds. The molecule has 0 aliphatic heterocycles. The molecule has 1 rings (SSSR count). The third-order valence-corrected chi connectivity index (χ3v) is 3.71. The number of aliphatic carboxylic acids is 1. The predicted octanol–water partition coefficient (Wildman–Crippen LogP) is 1.95. The van der Waals surface area contributed by atoms with Gasteiger partial charge < -0.3 is 10.0 Å². The van der Waals surface area contributed by atoms with Crippen LogP contribution < -0.4 is 5.32 Å². The second-order valence-corrected chi connectivity index (χ2v) is 6.28. The number of rotatable bonds is 7. The summed E-state index contributed by atoms with van der Waals surface area (Å²) in [6.07, 6.45) is 5.26. The normalized spacial score (nSPS) is 20.6. The van der Waals surface area contributed by atoms with Gasteiger partial charge in [0.25, 0.3) is 0 Å². The van der Waals surface area contributed by atoms with Crippen LogP contribution in [0.3, 0.4) is 0 Å². The fraction of sp³-hybridized carbons (Fsp3) is 0.929. The van der Waals surface area contributed by atoms with Crippen molar-refractivity contribution in [3.63, 3.8) is 0 Å². The maximum atomic E-state index is 11.4. The van der Waals surface area contributed by atoms with E-state index in [1.54, 1.807) is 6.92 Å². The quantitative estimate of drug-likeness (QED) is 0.731. The first kappa shape index (κ1) is 15.4. The zero-order valence-electron chi connectivity index (χ0n) is 12.2. The van der Waals surface area contributed by atoms with Gasteiger partial charge in [0, 0.05) is 19.1 Å². The molecule has 0 radical (unpaired) electrons. The van der Waals surface area contributed by atoms with Gasteiger partial charge in [0.05, 0.1) is 0 Å². The lowest BCUT2D eigenvalue weighted by Crippen LogP contribution is -2.58. The lowest BCUT2D eigenvalue weighted by atomic mass is 9.99. The maximum absolute atomic E-state index is 11.4. The van der Waals surface area contributed by atoms with Gasteiger partial charge in [0.2, 0.25) is 0 Å². The van der Waals surface area contributed by atoms with Gasteiger partial charge in [0.1, 0.15) is 5.54 Å². The number of likely N-dealkylation sites (N-methyl/N-ethyl adjacent to an activating group) is 1. The van der Waals surface area contributed by atoms with E-state index in [-0.39, 0.29) is 6.04 Å². The van der Waals surface area contributed by atoms with Crippen molar-refractivity contribution in [2.45, 2.75) is 58.0 Å². The number of nitrogens with zero attached hydrogens (tertiary/aromatic N) is 1. The highest BCUT2D eigenvalue weighted by Crippen LogP contribution is 2.25. The van der Waals surface area contributed by atoms with Crippen molar-refractivity contribution in [2.24, 2.45) is 5.92 Å². The van der Waals surface area contributed by atoms with E-state index in [9.17, 15) is 9.90 Å². The van der Waals surface area contributed by atoms with Gasteiger partial charge in [-0.1, -0.05) is 12.8 Å². The van der Waals surface area contributed by atoms with Crippen molar-refractivity contribution in [3.8, 4) is 0 Å². The average Bonchev–Trinajstić information content (AvgIpc) is 2.68. The standard InChI is InChI=1S/C14H28N2O2/c1-11(2)15-14(3,13(17)18)10-16(4)9-12-7-5-6-8-12/h11-12,15H,5-10H2,1-4H3,(H,17,18). The summed E-state index contributed by atoms with van der Waals surface area (Å²) >= 11 is 0. The van der Waals surface area contributed by atoms with E-state index in [0.717, 1.165) is 12.5 Å². The molecule has 0 aromatic carbocycles. The van der Waals surface area contributed by atoms with E-state index in [0.29, 0.717) is 6.54 Å². The van der Waals surface area contributed by atoms with Gasteiger partial charge in [-0.15, -0.1) is 0 Å². The molecule has 1 fully saturated rings. The minimum atomic E-state index is -0.860. The molecular weight excluding hydrogens is 228 g/mol. The lowest BCUT2D eigenvalue weighted by molar-refractivity contribution is -0.145. The molecule has 1 aliphatic carbocycles. The summed E-state index contributed by atoms with van der Waals surface area (Å²) in [6, 6.07) is 0.172. The Bertz CT molecular complexity index is 275. The van der Waals surface area contributed by atoms with Crippen LogP contribution in [0.1, 0.15) is 46.5 Å². The monoisotopic (exact) mass is 256 g/mol. The first-order valence-corrected chi connectivity index (χ1v) is 7.03. The number of hydrogen-bond acceptors (Lipinski definition) is 3. The third kappa shape index (κ3) is 4.58. The Balaban J connectivity index is 2.51. The van der Waals surface area contributed by atoms with Gasteiger partial charge in [-0.05, 0) is 46.6 Å². The summed E-state index contributed by atoms with van der Waals surface area (Å²) < 4.78 is 0. The van der Waals surface area contributed by atoms with Gasteiger partial charge in [-0.2, -0.15) is 0 Å². The van der Waals surface area contributed by atoms with Crippen LogP contribution in [0.5, 0.6) is 0 Å². The Morgan fingerprint density at radius 1 is 1.44 bits per heavy atom. The average molecular weight is 256 g/mol. The van der Waals surface area contributed by atoms with E-state index in [2.05, 4.69) is 10.2 Å². The summed E-state index contributed by atoms with van der Waals surface area (Å²) in [5, 5.41) is 12.6. The van der Waals surface area contributed by atoms with Crippen molar-refractivity contribution < 1.29 is 9.90 Å². The van der Waals surface area contributed by atoms with Gasteiger partial charge in [0.15, 0.2) is 0 Å². The van der Waals surface area contributed by atoms with Crippen LogP contribution >= 0.6 is 0 Å². The van der Waals surface area contributed by atoms with Gasteiger partial charge in [-0.3, -0.25) is 10.1 Å². The zero-order valence-corrected chi connectivity index (χ0v) is 12.2. The van der Waals surface area contributed by atoms with E-state index in [4.69, 9.17) is 0 Å². The van der Waals surface area contributed by atoms with Crippen LogP contribution in [0.25, 0.3) is 0 Å². The SMILES string of the molecule is CC(C)NC(C)(CN(C)CC1CCCC1)C(=O)O. The number of carboxylic acid groups (broad SMARTS) is 1.